The Morgan fingerprint density at radius 3 is 2.80 bits per heavy atom. The molecule has 0 aromatic carbocycles. The third kappa shape index (κ3) is 3.80. The van der Waals surface area contributed by atoms with E-state index in [1.165, 1.54) is 0 Å². The van der Waals surface area contributed by atoms with Crippen molar-refractivity contribution in [1.82, 2.24) is 10.3 Å². The van der Waals surface area contributed by atoms with Gasteiger partial charge in [-0.05, 0) is 41.5 Å². The lowest BCUT2D eigenvalue weighted by Crippen LogP contribution is -2.29. The first-order valence-corrected chi connectivity index (χ1v) is 5.99. The number of nitrogens with one attached hydrogen (secondary N) is 1. The third-order valence-corrected chi connectivity index (χ3v) is 3.11. The fraction of sp³-hybridized carbons (Fsp3) is 0.545. The molecule has 0 aliphatic rings. The molecular formula is C11H18BrN3. The van der Waals surface area contributed by atoms with E-state index in [1.807, 2.05) is 19.1 Å². The minimum atomic E-state index is 0.974. The van der Waals surface area contributed by atoms with Crippen LogP contribution in [0.3, 0.4) is 0 Å². The molecule has 1 aromatic rings. The van der Waals surface area contributed by atoms with E-state index in [0.717, 1.165) is 35.6 Å². The quantitative estimate of drug-likeness (QED) is 0.833. The van der Waals surface area contributed by atoms with Crippen LogP contribution < -0.4 is 10.2 Å². The maximum absolute atomic E-state index is 4.50. The molecule has 0 saturated heterocycles. The van der Waals surface area contributed by atoms with Crippen molar-refractivity contribution in [2.75, 3.05) is 31.6 Å². The molecule has 0 amide bonds. The molecular weight excluding hydrogens is 254 g/mol. The van der Waals surface area contributed by atoms with Crippen LogP contribution in [-0.4, -0.2) is 31.7 Å². The van der Waals surface area contributed by atoms with Gasteiger partial charge in [0.2, 0.25) is 0 Å². The minimum Gasteiger partial charge on any atom is -0.358 e. The van der Waals surface area contributed by atoms with Crippen LogP contribution in [0.25, 0.3) is 0 Å². The lowest BCUT2D eigenvalue weighted by atomic mass is 10.3. The van der Waals surface area contributed by atoms with Crippen molar-refractivity contribution in [3.63, 3.8) is 0 Å². The molecule has 84 valence electrons. The summed E-state index contributed by atoms with van der Waals surface area (Å²) in [5, 5.41) is 3.30. The largest absolute Gasteiger partial charge is 0.358 e. The van der Waals surface area contributed by atoms with Gasteiger partial charge in [0, 0.05) is 24.6 Å². The zero-order chi connectivity index (χ0) is 11.3. The summed E-state index contributed by atoms with van der Waals surface area (Å²) in [5.74, 6) is 1.02. The predicted molar refractivity (Wildman–Crippen MR) is 68.5 cm³/mol. The SMILES string of the molecule is CCNCCN(C)c1ccc(Br)c(C)n1. The number of pyridine rings is 1. The number of likely N-dealkylation sites (N-methyl/N-ethyl adjacent to an activating group) is 2. The van der Waals surface area contributed by atoms with Gasteiger partial charge in [-0.3, -0.25) is 0 Å². The van der Waals surface area contributed by atoms with Crippen molar-refractivity contribution in [2.45, 2.75) is 13.8 Å². The standard InChI is InChI=1S/C11H18BrN3/c1-4-13-7-8-15(3)11-6-5-10(12)9(2)14-11/h5-6,13H,4,7-8H2,1-3H3. The molecule has 0 aliphatic carbocycles. The summed E-state index contributed by atoms with van der Waals surface area (Å²) in [6, 6.07) is 4.07. The van der Waals surface area contributed by atoms with Gasteiger partial charge in [-0.2, -0.15) is 0 Å². The van der Waals surface area contributed by atoms with E-state index in [-0.39, 0.29) is 0 Å². The van der Waals surface area contributed by atoms with Crippen molar-refractivity contribution in [3.05, 3.63) is 22.3 Å². The van der Waals surface area contributed by atoms with Crippen LogP contribution in [0, 0.1) is 6.92 Å². The highest BCUT2D eigenvalue weighted by atomic mass is 79.9. The Labute approximate surface area is 100 Å². The number of anilines is 1. The van der Waals surface area contributed by atoms with Crippen LogP contribution in [0.1, 0.15) is 12.6 Å². The fourth-order valence-electron chi connectivity index (χ4n) is 1.28. The zero-order valence-electron chi connectivity index (χ0n) is 9.55. The predicted octanol–water partition coefficient (Wildman–Crippen LogP) is 2.20. The van der Waals surface area contributed by atoms with Gasteiger partial charge in [0.05, 0.1) is 5.69 Å². The van der Waals surface area contributed by atoms with E-state index in [1.54, 1.807) is 0 Å². The second kappa shape index (κ2) is 6.08. The summed E-state index contributed by atoms with van der Waals surface area (Å²) >= 11 is 3.45. The first-order valence-electron chi connectivity index (χ1n) is 5.20. The fourth-order valence-corrected chi connectivity index (χ4v) is 1.50. The maximum atomic E-state index is 4.50. The minimum absolute atomic E-state index is 0.974. The number of aromatic nitrogens is 1. The van der Waals surface area contributed by atoms with Crippen LogP contribution in [-0.2, 0) is 0 Å². The number of nitrogens with zero attached hydrogens (tertiary/aromatic N) is 2. The molecule has 1 aromatic heterocycles. The molecule has 0 radical (unpaired) electrons. The van der Waals surface area contributed by atoms with Crippen molar-refractivity contribution < 1.29 is 0 Å². The van der Waals surface area contributed by atoms with Gasteiger partial charge in [0.25, 0.3) is 0 Å². The van der Waals surface area contributed by atoms with Gasteiger partial charge in [0.1, 0.15) is 5.82 Å². The summed E-state index contributed by atoms with van der Waals surface area (Å²) in [4.78, 5) is 6.66. The molecule has 0 saturated carbocycles. The van der Waals surface area contributed by atoms with Crippen molar-refractivity contribution in [2.24, 2.45) is 0 Å². The van der Waals surface area contributed by atoms with E-state index in [2.05, 4.69) is 45.1 Å². The highest BCUT2D eigenvalue weighted by molar-refractivity contribution is 9.10. The molecule has 1 rings (SSSR count). The number of aryl methyl sites for hydroxylation is 1. The van der Waals surface area contributed by atoms with Crippen LogP contribution in [0.2, 0.25) is 0 Å². The Kier molecular flexibility index (Phi) is 5.05. The van der Waals surface area contributed by atoms with Crippen LogP contribution in [0.15, 0.2) is 16.6 Å². The Morgan fingerprint density at radius 2 is 2.20 bits per heavy atom. The van der Waals surface area contributed by atoms with Gasteiger partial charge in [-0.25, -0.2) is 4.98 Å². The van der Waals surface area contributed by atoms with Crippen LogP contribution in [0.4, 0.5) is 5.82 Å². The molecule has 0 unspecified atom stereocenters. The van der Waals surface area contributed by atoms with E-state index >= 15 is 0 Å². The average molecular weight is 272 g/mol. The molecule has 0 atom stereocenters. The van der Waals surface area contributed by atoms with E-state index in [0.29, 0.717) is 0 Å². The lowest BCUT2D eigenvalue weighted by molar-refractivity contribution is 0.702. The number of hydrogen-bond donors (Lipinski definition) is 1. The van der Waals surface area contributed by atoms with E-state index < -0.39 is 0 Å². The molecule has 0 fully saturated rings. The zero-order valence-corrected chi connectivity index (χ0v) is 11.1. The Bertz CT molecular complexity index is 315. The van der Waals surface area contributed by atoms with Crippen molar-refractivity contribution >= 4 is 21.7 Å². The first-order chi connectivity index (χ1) is 7.15. The van der Waals surface area contributed by atoms with Crippen LogP contribution >= 0.6 is 15.9 Å². The normalized spacial score (nSPS) is 10.4. The molecule has 0 aliphatic heterocycles. The molecule has 0 spiro atoms. The molecule has 0 bridgehead atoms. The molecule has 1 N–H and O–H groups in total. The van der Waals surface area contributed by atoms with E-state index in [9.17, 15) is 0 Å². The van der Waals surface area contributed by atoms with Gasteiger partial charge >= 0.3 is 0 Å². The van der Waals surface area contributed by atoms with Crippen molar-refractivity contribution in [3.8, 4) is 0 Å². The number of hydrogen-bond acceptors (Lipinski definition) is 3. The molecule has 1 heterocycles. The summed E-state index contributed by atoms with van der Waals surface area (Å²) in [5.41, 5.74) is 1.03. The highest BCUT2D eigenvalue weighted by Crippen LogP contribution is 2.17. The average Bonchev–Trinajstić information content (AvgIpc) is 2.22. The lowest BCUT2D eigenvalue weighted by Gasteiger charge is -2.18. The maximum Gasteiger partial charge on any atom is 0.128 e. The Hall–Kier alpha value is -0.610. The highest BCUT2D eigenvalue weighted by Gasteiger charge is 2.03. The first kappa shape index (κ1) is 12.5. The topological polar surface area (TPSA) is 28.2 Å². The van der Waals surface area contributed by atoms with Crippen LogP contribution in [0.5, 0.6) is 0 Å². The summed E-state index contributed by atoms with van der Waals surface area (Å²) in [6.45, 7) is 7.10. The number of rotatable bonds is 5. The Morgan fingerprint density at radius 1 is 1.47 bits per heavy atom. The van der Waals surface area contributed by atoms with Gasteiger partial charge < -0.3 is 10.2 Å². The smallest absolute Gasteiger partial charge is 0.128 e. The summed E-state index contributed by atoms with van der Waals surface area (Å²) < 4.78 is 1.06. The second-order valence-corrected chi connectivity index (χ2v) is 4.37. The van der Waals surface area contributed by atoms with Gasteiger partial charge in [-0.15, -0.1) is 0 Å². The second-order valence-electron chi connectivity index (χ2n) is 3.51. The number of halogens is 1. The third-order valence-electron chi connectivity index (χ3n) is 2.27. The monoisotopic (exact) mass is 271 g/mol. The molecule has 4 heteroatoms. The molecule has 15 heavy (non-hydrogen) atoms. The van der Waals surface area contributed by atoms with Gasteiger partial charge in [-0.1, -0.05) is 6.92 Å². The Balaban J connectivity index is 2.57. The molecule has 3 nitrogen and oxygen atoms in total. The summed E-state index contributed by atoms with van der Waals surface area (Å²) in [6.07, 6.45) is 0. The van der Waals surface area contributed by atoms with Gasteiger partial charge in [0.15, 0.2) is 0 Å². The summed E-state index contributed by atoms with van der Waals surface area (Å²) in [7, 11) is 2.06. The van der Waals surface area contributed by atoms with E-state index in [4.69, 9.17) is 0 Å². The van der Waals surface area contributed by atoms with Crippen molar-refractivity contribution in [1.29, 1.82) is 0 Å².